The SMILES string of the molecule is NCc1cc(F)cc(-c2cnn(Cc3cccc(C(F)(F)F)c3)c2)c1. The Morgan fingerprint density at radius 2 is 1.80 bits per heavy atom. The zero-order chi connectivity index (χ0) is 18.0. The second-order valence-electron chi connectivity index (χ2n) is 5.68. The van der Waals surface area contributed by atoms with E-state index in [1.165, 1.54) is 22.9 Å². The van der Waals surface area contributed by atoms with Gasteiger partial charge in [0.2, 0.25) is 0 Å². The molecule has 3 nitrogen and oxygen atoms in total. The number of hydrogen-bond acceptors (Lipinski definition) is 2. The molecule has 0 atom stereocenters. The predicted molar refractivity (Wildman–Crippen MR) is 86.1 cm³/mol. The molecule has 3 rings (SSSR count). The first-order valence-electron chi connectivity index (χ1n) is 7.53. The third-order valence-electron chi connectivity index (χ3n) is 3.76. The normalized spacial score (nSPS) is 11.7. The quantitative estimate of drug-likeness (QED) is 0.717. The Bertz CT molecular complexity index is 884. The number of benzene rings is 2. The summed E-state index contributed by atoms with van der Waals surface area (Å²) in [4.78, 5) is 0. The predicted octanol–water partition coefficient (Wildman–Crippen LogP) is 4.22. The summed E-state index contributed by atoms with van der Waals surface area (Å²) in [5.74, 6) is -0.399. The average molecular weight is 349 g/mol. The van der Waals surface area contributed by atoms with Gasteiger partial charge in [-0.2, -0.15) is 18.3 Å². The van der Waals surface area contributed by atoms with Crippen LogP contribution in [0.4, 0.5) is 17.6 Å². The van der Waals surface area contributed by atoms with Crippen LogP contribution in [0.5, 0.6) is 0 Å². The fourth-order valence-electron chi connectivity index (χ4n) is 2.57. The number of aromatic nitrogens is 2. The maximum absolute atomic E-state index is 13.6. The summed E-state index contributed by atoms with van der Waals surface area (Å²) in [5.41, 5.74) is 7.26. The van der Waals surface area contributed by atoms with Crippen molar-refractivity contribution in [1.82, 2.24) is 9.78 Å². The van der Waals surface area contributed by atoms with Gasteiger partial charge in [0.25, 0.3) is 0 Å². The summed E-state index contributed by atoms with van der Waals surface area (Å²) < 4.78 is 53.5. The van der Waals surface area contributed by atoms with Crippen molar-refractivity contribution in [2.45, 2.75) is 19.3 Å². The molecule has 0 radical (unpaired) electrons. The lowest BCUT2D eigenvalue weighted by atomic mass is 10.1. The van der Waals surface area contributed by atoms with E-state index < -0.39 is 17.6 Å². The Hall–Kier alpha value is -2.67. The van der Waals surface area contributed by atoms with Gasteiger partial charge in [0.05, 0.1) is 18.3 Å². The zero-order valence-corrected chi connectivity index (χ0v) is 13.1. The number of alkyl halides is 3. The fraction of sp³-hybridized carbons (Fsp3) is 0.167. The Labute approximate surface area is 141 Å². The van der Waals surface area contributed by atoms with Crippen LogP contribution in [0.15, 0.2) is 54.9 Å². The highest BCUT2D eigenvalue weighted by molar-refractivity contribution is 5.62. The number of halogens is 4. The summed E-state index contributed by atoms with van der Waals surface area (Å²) >= 11 is 0. The molecule has 25 heavy (non-hydrogen) atoms. The largest absolute Gasteiger partial charge is 0.416 e. The Kier molecular flexibility index (Phi) is 4.59. The summed E-state index contributed by atoms with van der Waals surface area (Å²) in [6, 6.07) is 9.57. The van der Waals surface area contributed by atoms with E-state index in [-0.39, 0.29) is 13.1 Å². The first kappa shape index (κ1) is 17.2. The van der Waals surface area contributed by atoms with Crippen LogP contribution in [0.3, 0.4) is 0 Å². The van der Waals surface area contributed by atoms with Crippen LogP contribution in [-0.4, -0.2) is 9.78 Å². The van der Waals surface area contributed by atoms with Crippen molar-refractivity contribution in [3.05, 3.63) is 77.4 Å². The van der Waals surface area contributed by atoms with Gasteiger partial charge in [0.1, 0.15) is 5.82 Å². The number of rotatable bonds is 4. The molecule has 2 N–H and O–H groups in total. The summed E-state index contributed by atoms with van der Waals surface area (Å²) in [5, 5.41) is 4.15. The number of hydrogen-bond donors (Lipinski definition) is 1. The van der Waals surface area contributed by atoms with Gasteiger partial charge in [0, 0.05) is 18.3 Å². The number of nitrogens with two attached hydrogens (primary N) is 1. The van der Waals surface area contributed by atoms with Gasteiger partial charge in [-0.15, -0.1) is 0 Å². The van der Waals surface area contributed by atoms with Crippen LogP contribution in [0.25, 0.3) is 11.1 Å². The van der Waals surface area contributed by atoms with Crippen LogP contribution in [-0.2, 0) is 19.3 Å². The second kappa shape index (κ2) is 6.68. The van der Waals surface area contributed by atoms with Crippen molar-refractivity contribution < 1.29 is 17.6 Å². The maximum atomic E-state index is 13.6. The highest BCUT2D eigenvalue weighted by Crippen LogP contribution is 2.29. The summed E-state index contributed by atoms with van der Waals surface area (Å²) in [7, 11) is 0. The van der Waals surface area contributed by atoms with Crippen LogP contribution in [0.1, 0.15) is 16.7 Å². The smallest absolute Gasteiger partial charge is 0.326 e. The van der Waals surface area contributed by atoms with Gasteiger partial charge >= 0.3 is 6.18 Å². The Morgan fingerprint density at radius 3 is 2.52 bits per heavy atom. The minimum absolute atomic E-state index is 0.184. The van der Waals surface area contributed by atoms with Gasteiger partial charge in [-0.1, -0.05) is 12.1 Å². The molecule has 2 aromatic carbocycles. The first-order chi connectivity index (χ1) is 11.8. The fourth-order valence-corrected chi connectivity index (χ4v) is 2.57. The molecule has 3 aromatic rings. The zero-order valence-electron chi connectivity index (χ0n) is 13.1. The van der Waals surface area contributed by atoms with E-state index in [0.717, 1.165) is 12.1 Å². The molecule has 0 bridgehead atoms. The molecule has 130 valence electrons. The third kappa shape index (κ3) is 4.06. The molecule has 1 aromatic heterocycles. The maximum Gasteiger partial charge on any atom is 0.416 e. The van der Waals surface area contributed by atoms with Crippen LogP contribution >= 0.6 is 0 Å². The van der Waals surface area contributed by atoms with Gasteiger partial charge in [0.15, 0.2) is 0 Å². The van der Waals surface area contributed by atoms with Crippen LogP contribution in [0.2, 0.25) is 0 Å². The molecule has 0 amide bonds. The third-order valence-corrected chi connectivity index (χ3v) is 3.76. The van der Waals surface area contributed by atoms with Crippen molar-refractivity contribution in [3.63, 3.8) is 0 Å². The molecule has 0 fully saturated rings. The highest BCUT2D eigenvalue weighted by Gasteiger charge is 2.30. The van der Waals surface area contributed by atoms with E-state index in [2.05, 4.69) is 5.10 Å². The first-order valence-corrected chi connectivity index (χ1v) is 7.53. The minimum atomic E-state index is -4.38. The van der Waals surface area contributed by atoms with Crippen LogP contribution < -0.4 is 5.73 Å². The Balaban J connectivity index is 1.84. The molecular weight excluding hydrogens is 334 g/mol. The molecular formula is C18H15F4N3. The second-order valence-corrected chi connectivity index (χ2v) is 5.68. The lowest BCUT2D eigenvalue weighted by Gasteiger charge is -2.08. The van der Waals surface area contributed by atoms with Crippen molar-refractivity contribution in [1.29, 1.82) is 0 Å². The van der Waals surface area contributed by atoms with E-state index in [9.17, 15) is 17.6 Å². The van der Waals surface area contributed by atoms with Crippen molar-refractivity contribution in [2.75, 3.05) is 0 Å². The van der Waals surface area contributed by atoms with Gasteiger partial charge in [-0.05, 0) is 47.0 Å². The number of nitrogens with zero attached hydrogens (tertiary/aromatic N) is 2. The molecule has 0 aliphatic carbocycles. The highest BCUT2D eigenvalue weighted by atomic mass is 19.4. The molecule has 0 saturated heterocycles. The van der Waals surface area contributed by atoms with Gasteiger partial charge in [-0.25, -0.2) is 4.39 Å². The molecule has 7 heteroatoms. The summed E-state index contributed by atoms with van der Waals surface area (Å²) in [6.07, 6.45) is -1.18. The molecule has 0 saturated carbocycles. The van der Waals surface area contributed by atoms with E-state index >= 15 is 0 Å². The molecule has 0 spiro atoms. The van der Waals surface area contributed by atoms with E-state index in [1.54, 1.807) is 24.5 Å². The standard InChI is InChI=1S/C18H15F4N3/c19-17-6-13(8-23)4-14(7-17)15-9-24-25(11-15)10-12-2-1-3-16(5-12)18(20,21)22/h1-7,9,11H,8,10,23H2. The van der Waals surface area contributed by atoms with E-state index in [1.807, 2.05) is 0 Å². The lowest BCUT2D eigenvalue weighted by molar-refractivity contribution is -0.137. The van der Waals surface area contributed by atoms with Gasteiger partial charge < -0.3 is 5.73 Å². The van der Waals surface area contributed by atoms with E-state index in [4.69, 9.17) is 5.73 Å². The van der Waals surface area contributed by atoms with Crippen LogP contribution in [0, 0.1) is 5.82 Å². The molecule has 0 aliphatic rings. The molecule has 0 aliphatic heterocycles. The van der Waals surface area contributed by atoms with Gasteiger partial charge in [-0.3, -0.25) is 4.68 Å². The summed E-state index contributed by atoms with van der Waals surface area (Å²) in [6.45, 7) is 0.395. The van der Waals surface area contributed by atoms with E-state index in [0.29, 0.717) is 22.3 Å². The molecule has 0 unspecified atom stereocenters. The monoisotopic (exact) mass is 349 g/mol. The lowest BCUT2D eigenvalue weighted by Crippen LogP contribution is -2.07. The topological polar surface area (TPSA) is 43.8 Å². The van der Waals surface area contributed by atoms with Crippen molar-refractivity contribution in [3.8, 4) is 11.1 Å². The Morgan fingerprint density at radius 1 is 1.00 bits per heavy atom. The average Bonchev–Trinajstić information content (AvgIpc) is 3.02. The van der Waals surface area contributed by atoms with Crippen molar-refractivity contribution in [2.24, 2.45) is 5.73 Å². The van der Waals surface area contributed by atoms with Crippen molar-refractivity contribution >= 4 is 0 Å². The molecule has 1 heterocycles. The minimum Gasteiger partial charge on any atom is -0.326 e.